The first kappa shape index (κ1) is 15.0. The molecular formula is C13H23NO4. The monoisotopic (exact) mass is 257 g/mol. The summed E-state index contributed by atoms with van der Waals surface area (Å²) in [6, 6.07) is -0.0756. The molecule has 5 nitrogen and oxygen atoms in total. The summed E-state index contributed by atoms with van der Waals surface area (Å²) in [6.45, 7) is 8.06. The molecule has 18 heavy (non-hydrogen) atoms. The maximum atomic E-state index is 12.1. The summed E-state index contributed by atoms with van der Waals surface area (Å²) < 4.78 is 5.06. The first-order valence-electron chi connectivity index (χ1n) is 6.25. The number of carbonyl (C=O) groups excluding carboxylic acids is 1. The molecular weight excluding hydrogens is 234 g/mol. The number of hydrogen-bond donors (Lipinski definition) is 2. The van der Waals surface area contributed by atoms with Gasteiger partial charge in [0.25, 0.3) is 0 Å². The van der Waals surface area contributed by atoms with E-state index in [1.54, 1.807) is 7.11 Å². The van der Waals surface area contributed by atoms with Crippen molar-refractivity contribution in [1.29, 1.82) is 0 Å². The topological polar surface area (TPSA) is 75.6 Å². The quantitative estimate of drug-likeness (QED) is 0.748. The highest BCUT2D eigenvalue weighted by molar-refractivity contribution is 5.91. The minimum Gasteiger partial charge on any atom is -0.481 e. The molecule has 104 valence electrons. The highest BCUT2D eigenvalue weighted by Crippen LogP contribution is 2.58. The van der Waals surface area contributed by atoms with Crippen molar-refractivity contribution in [3.8, 4) is 0 Å². The Morgan fingerprint density at radius 2 is 1.89 bits per heavy atom. The SMILES string of the molecule is COCC(NC(=O)C1C(C(=O)O)C1(C)C)C(C)C. The molecule has 3 unspecified atom stereocenters. The fourth-order valence-corrected chi connectivity index (χ4v) is 2.44. The number of methoxy groups -OCH3 is 1. The Morgan fingerprint density at radius 1 is 1.33 bits per heavy atom. The van der Waals surface area contributed by atoms with Crippen molar-refractivity contribution < 1.29 is 19.4 Å². The highest BCUT2D eigenvalue weighted by Gasteiger charge is 2.66. The van der Waals surface area contributed by atoms with Gasteiger partial charge in [0.1, 0.15) is 0 Å². The van der Waals surface area contributed by atoms with Crippen LogP contribution in [0.3, 0.4) is 0 Å². The second kappa shape index (κ2) is 5.26. The molecule has 0 saturated heterocycles. The van der Waals surface area contributed by atoms with E-state index in [4.69, 9.17) is 9.84 Å². The van der Waals surface area contributed by atoms with Gasteiger partial charge in [0, 0.05) is 7.11 Å². The molecule has 1 saturated carbocycles. The summed E-state index contributed by atoms with van der Waals surface area (Å²) in [7, 11) is 1.59. The minimum atomic E-state index is -0.895. The molecule has 0 spiro atoms. The average Bonchev–Trinajstić information content (AvgIpc) is 2.81. The first-order valence-corrected chi connectivity index (χ1v) is 6.25. The molecule has 1 rings (SSSR count). The van der Waals surface area contributed by atoms with Crippen molar-refractivity contribution in [2.75, 3.05) is 13.7 Å². The van der Waals surface area contributed by atoms with Crippen LogP contribution in [0.25, 0.3) is 0 Å². The third-order valence-corrected chi connectivity index (χ3v) is 3.85. The summed E-state index contributed by atoms with van der Waals surface area (Å²) in [5.74, 6) is -1.84. The van der Waals surface area contributed by atoms with Gasteiger partial charge in [-0.1, -0.05) is 27.7 Å². The number of amides is 1. The van der Waals surface area contributed by atoms with Gasteiger partial charge in [-0.15, -0.1) is 0 Å². The zero-order valence-electron chi connectivity index (χ0n) is 11.7. The Bertz CT molecular complexity index is 338. The number of hydrogen-bond acceptors (Lipinski definition) is 3. The molecule has 0 aromatic carbocycles. The van der Waals surface area contributed by atoms with E-state index >= 15 is 0 Å². The molecule has 0 aromatic rings. The summed E-state index contributed by atoms with van der Waals surface area (Å²) in [5.41, 5.74) is -0.454. The third kappa shape index (κ3) is 2.83. The van der Waals surface area contributed by atoms with Crippen LogP contribution in [0, 0.1) is 23.2 Å². The predicted molar refractivity (Wildman–Crippen MR) is 67.0 cm³/mol. The van der Waals surface area contributed by atoms with Crippen LogP contribution in [0.1, 0.15) is 27.7 Å². The van der Waals surface area contributed by atoms with E-state index in [1.165, 1.54) is 0 Å². The third-order valence-electron chi connectivity index (χ3n) is 3.85. The van der Waals surface area contributed by atoms with Gasteiger partial charge in [0.05, 0.1) is 24.5 Å². The number of carboxylic acid groups (broad SMARTS) is 1. The number of ether oxygens (including phenoxy) is 1. The number of aliphatic carboxylic acids is 1. The van der Waals surface area contributed by atoms with Crippen molar-refractivity contribution >= 4 is 11.9 Å². The lowest BCUT2D eigenvalue weighted by atomic mass is 10.0. The molecule has 0 bridgehead atoms. The van der Waals surface area contributed by atoms with Gasteiger partial charge in [0.15, 0.2) is 0 Å². The largest absolute Gasteiger partial charge is 0.481 e. The zero-order chi connectivity index (χ0) is 14.1. The lowest BCUT2D eigenvalue weighted by Crippen LogP contribution is -2.43. The van der Waals surface area contributed by atoms with Crippen LogP contribution in [0.2, 0.25) is 0 Å². The molecule has 0 radical (unpaired) electrons. The lowest BCUT2D eigenvalue weighted by molar-refractivity contribution is -0.140. The average molecular weight is 257 g/mol. The van der Waals surface area contributed by atoms with Crippen molar-refractivity contribution in [3.05, 3.63) is 0 Å². The van der Waals surface area contributed by atoms with Crippen molar-refractivity contribution in [2.24, 2.45) is 23.2 Å². The number of nitrogens with one attached hydrogen (secondary N) is 1. The van der Waals surface area contributed by atoms with E-state index < -0.39 is 23.2 Å². The molecule has 1 fully saturated rings. The Labute approximate surface area is 108 Å². The number of carboxylic acids is 1. The van der Waals surface area contributed by atoms with Crippen molar-refractivity contribution in [3.63, 3.8) is 0 Å². The molecule has 5 heteroatoms. The zero-order valence-corrected chi connectivity index (χ0v) is 11.7. The maximum absolute atomic E-state index is 12.1. The van der Waals surface area contributed by atoms with Crippen LogP contribution < -0.4 is 5.32 Å². The van der Waals surface area contributed by atoms with E-state index in [9.17, 15) is 9.59 Å². The molecule has 3 atom stereocenters. The second-order valence-electron chi connectivity index (χ2n) is 5.93. The van der Waals surface area contributed by atoms with Crippen LogP contribution in [0.5, 0.6) is 0 Å². The van der Waals surface area contributed by atoms with Crippen molar-refractivity contribution in [1.82, 2.24) is 5.32 Å². The molecule has 2 N–H and O–H groups in total. The normalized spacial score (nSPS) is 26.8. The van der Waals surface area contributed by atoms with E-state index in [1.807, 2.05) is 27.7 Å². The summed E-state index contributed by atoms with van der Waals surface area (Å²) in [6.07, 6.45) is 0. The predicted octanol–water partition coefficient (Wildman–Crippen LogP) is 1.13. The fraction of sp³-hybridized carbons (Fsp3) is 0.846. The summed E-state index contributed by atoms with van der Waals surface area (Å²) in [4.78, 5) is 23.1. The van der Waals surface area contributed by atoms with Gasteiger partial charge in [-0.05, 0) is 11.3 Å². The number of rotatable bonds is 6. The van der Waals surface area contributed by atoms with Crippen molar-refractivity contribution in [2.45, 2.75) is 33.7 Å². The molecule has 0 heterocycles. The van der Waals surface area contributed by atoms with E-state index in [0.29, 0.717) is 6.61 Å². The van der Waals surface area contributed by atoms with Gasteiger partial charge in [-0.2, -0.15) is 0 Å². The lowest BCUT2D eigenvalue weighted by Gasteiger charge is -2.21. The molecule has 1 amide bonds. The first-order chi connectivity index (χ1) is 8.23. The van der Waals surface area contributed by atoms with Gasteiger partial charge < -0.3 is 15.2 Å². The second-order valence-corrected chi connectivity index (χ2v) is 5.93. The maximum Gasteiger partial charge on any atom is 0.307 e. The Hall–Kier alpha value is -1.10. The van der Waals surface area contributed by atoms with Crippen LogP contribution >= 0.6 is 0 Å². The van der Waals surface area contributed by atoms with Crippen LogP contribution in [0.15, 0.2) is 0 Å². The standard InChI is InChI=1S/C13H23NO4/c1-7(2)8(6-18-5)14-11(15)9-10(12(16)17)13(9,3)4/h7-10H,6H2,1-5H3,(H,14,15)(H,16,17). The Morgan fingerprint density at radius 3 is 2.22 bits per heavy atom. The van der Waals surface area contributed by atoms with Crippen LogP contribution in [-0.4, -0.2) is 36.7 Å². The van der Waals surface area contributed by atoms with Gasteiger partial charge in [-0.3, -0.25) is 9.59 Å². The summed E-state index contributed by atoms with van der Waals surface area (Å²) in [5, 5.41) is 11.9. The molecule has 0 aliphatic heterocycles. The Kier molecular flexibility index (Phi) is 4.37. The van der Waals surface area contributed by atoms with Gasteiger partial charge in [-0.25, -0.2) is 0 Å². The van der Waals surface area contributed by atoms with Crippen LogP contribution in [-0.2, 0) is 14.3 Å². The van der Waals surface area contributed by atoms with E-state index in [2.05, 4.69) is 5.32 Å². The van der Waals surface area contributed by atoms with Crippen LogP contribution in [0.4, 0.5) is 0 Å². The smallest absolute Gasteiger partial charge is 0.307 e. The highest BCUT2D eigenvalue weighted by atomic mass is 16.5. The van der Waals surface area contributed by atoms with Gasteiger partial charge >= 0.3 is 5.97 Å². The van der Waals surface area contributed by atoms with E-state index in [-0.39, 0.29) is 17.9 Å². The summed E-state index contributed by atoms with van der Waals surface area (Å²) >= 11 is 0. The molecule has 1 aliphatic carbocycles. The van der Waals surface area contributed by atoms with Gasteiger partial charge in [0.2, 0.25) is 5.91 Å². The molecule has 1 aliphatic rings. The molecule has 0 aromatic heterocycles. The van der Waals surface area contributed by atoms with E-state index in [0.717, 1.165) is 0 Å². The minimum absolute atomic E-state index is 0.0756. The fourth-order valence-electron chi connectivity index (χ4n) is 2.44. The Balaban J connectivity index is 2.64. The number of carbonyl (C=O) groups is 2.